The summed E-state index contributed by atoms with van der Waals surface area (Å²) in [5, 5.41) is 10.9. The Hall–Kier alpha value is -3.08. The average molecular weight is 349 g/mol. The lowest BCUT2D eigenvalue weighted by Crippen LogP contribution is -2.15. The third kappa shape index (κ3) is 5.21. The summed E-state index contributed by atoms with van der Waals surface area (Å²) in [6.45, 7) is 0.256. The number of hydrogen-bond acceptors (Lipinski definition) is 4. The number of alkyl halides is 3. The Morgan fingerprint density at radius 3 is 2.80 bits per heavy atom. The van der Waals surface area contributed by atoms with Crippen molar-refractivity contribution in [3.63, 3.8) is 0 Å². The number of carbonyl (C=O) groups is 1. The minimum Gasteiger partial charge on any atom is -0.490 e. The molecule has 0 aliphatic heterocycles. The van der Waals surface area contributed by atoms with Crippen LogP contribution in [0.2, 0.25) is 0 Å². The van der Waals surface area contributed by atoms with Crippen LogP contribution < -0.4 is 10.1 Å². The van der Waals surface area contributed by atoms with E-state index in [-0.39, 0.29) is 23.7 Å². The highest BCUT2D eigenvalue weighted by molar-refractivity contribution is 6.04. The molecule has 1 aromatic carbocycles. The summed E-state index contributed by atoms with van der Waals surface area (Å²) in [5.74, 6) is -0.352. The van der Waals surface area contributed by atoms with Crippen LogP contribution in [0.25, 0.3) is 0 Å². The highest BCUT2D eigenvalue weighted by Crippen LogP contribution is 2.30. The fraction of sp³-hybridized carbons (Fsp3) is 0.235. The molecule has 8 heteroatoms. The molecule has 0 fully saturated rings. The van der Waals surface area contributed by atoms with Gasteiger partial charge in [0.1, 0.15) is 0 Å². The molecule has 0 atom stereocenters. The molecule has 0 bridgehead atoms. The van der Waals surface area contributed by atoms with Gasteiger partial charge in [-0.15, -0.1) is 0 Å². The molecule has 0 aliphatic carbocycles. The summed E-state index contributed by atoms with van der Waals surface area (Å²) in [4.78, 5) is 16.2. The zero-order chi connectivity index (χ0) is 18.3. The van der Waals surface area contributed by atoms with Crippen LogP contribution >= 0.6 is 0 Å². The van der Waals surface area contributed by atoms with Crippen LogP contribution in [-0.2, 0) is 6.18 Å². The number of amides is 1. The average Bonchev–Trinajstić information content (AvgIpc) is 2.59. The van der Waals surface area contributed by atoms with Crippen LogP contribution in [0.4, 0.5) is 19.0 Å². The third-order valence-electron chi connectivity index (χ3n) is 3.15. The van der Waals surface area contributed by atoms with Gasteiger partial charge in [-0.1, -0.05) is 6.07 Å². The zero-order valence-electron chi connectivity index (χ0n) is 13.0. The molecule has 25 heavy (non-hydrogen) atoms. The standard InChI is InChI=1S/C17H14F3N3O2/c18-17(19,20)13-6-3-5-12(11-13)16(24)23-15-14(7-4-9-22-15)25-10-2-1-8-21/h3-7,9,11H,1-2,10H2,(H,22,23,24). The number of aromatic nitrogens is 1. The van der Waals surface area contributed by atoms with E-state index >= 15 is 0 Å². The minimum absolute atomic E-state index is 0.0990. The number of hydrogen-bond donors (Lipinski definition) is 1. The fourth-order valence-electron chi connectivity index (χ4n) is 1.95. The maximum Gasteiger partial charge on any atom is 0.416 e. The van der Waals surface area contributed by atoms with E-state index in [1.807, 2.05) is 6.07 Å². The van der Waals surface area contributed by atoms with Gasteiger partial charge >= 0.3 is 6.18 Å². The van der Waals surface area contributed by atoms with E-state index in [0.717, 1.165) is 18.2 Å². The summed E-state index contributed by atoms with van der Waals surface area (Å²) in [6.07, 6.45) is -2.28. The number of carbonyl (C=O) groups excluding carboxylic acids is 1. The van der Waals surface area contributed by atoms with Crippen LogP contribution in [-0.4, -0.2) is 17.5 Å². The summed E-state index contributed by atoms with van der Waals surface area (Å²) >= 11 is 0. The smallest absolute Gasteiger partial charge is 0.416 e. The van der Waals surface area contributed by atoms with E-state index in [4.69, 9.17) is 10.00 Å². The Morgan fingerprint density at radius 1 is 1.28 bits per heavy atom. The summed E-state index contributed by atoms with van der Waals surface area (Å²) < 4.78 is 43.7. The largest absolute Gasteiger partial charge is 0.490 e. The van der Waals surface area contributed by atoms with Crippen molar-refractivity contribution in [2.45, 2.75) is 19.0 Å². The predicted octanol–water partition coefficient (Wildman–Crippen LogP) is 4.04. The molecule has 0 radical (unpaired) electrons. The molecular formula is C17H14F3N3O2. The fourth-order valence-corrected chi connectivity index (χ4v) is 1.95. The molecule has 0 saturated heterocycles. The molecule has 1 aromatic heterocycles. The normalized spacial score (nSPS) is 10.8. The van der Waals surface area contributed by atoms with Crippen molar-refractivity contribution >= 4 is 11.7 Å². The van der Waals surface area contributed by atoms with Crippen molar-refractivity contribution in [2.24, 2.45) is 0 Å². The molecular weight excluding hydrogens is 335 g/mol. The summed E-state index contributed by atoms with van der Waals surface area (Å²) in [7, 11) is 0. The molecule has 1 heterocycles. The van der Waals surface area contributed by atoms with Crippen molar-refractivity contribution in [2.75, 3.05) is 11.9 Å². The van der Waals surface area contributed by atoms with Gasteiger partial charge in [-0.2, -0.15) is 18.4 Å². The number of pyridine rings is 1. The molecule has 2 rings (SSSR count). The van der Waals surface area contributed by atoms with E-state index in [1.54, 1.807) is 12.1 Å². The van der Waals surface area contributed by atoms with Gasteiger partial charge in [-0.25, -0.2) is 4.98 Å². The Morgan fingerprint density at radius 2 is 2.08 bits per heavy atom. The number of anilines is 1. The molecule has 5 nitrogen and oxygen atoms in total. The second-order valence-electron chi connectivity index (χ2n) is 4.99. The molecule has 130 valence electrons. The second kappa shape index (κ2) is 8.15. The highest BCUT2D eigenvalue weighted by atomic mass is 19.4. The van der Waals surface area contributed by atoms with Crippen LogP contribution in [0.15, 0.2) is 42.6 Å². The van der Waals surface area contributed by atoms with Crippen molar-refractivity contribution in [1.29, 1.82) is 5.26 Å². The topological polar surface area (TPSA) is 75.0 Å². The highest BCUT2D eigenvalue weighted by Gasteiger charge is 2.31. The van der Waals surface area contributed by atoms with Gasteiger partial charge in [-0.3, -0.25) is 4.79 Å². The van der Waals surface area contributed by atoms with E-state index in [9.17, 15) is 18.0 Å². The van der Waals surface area contributed by atoms with Crippen molar-refractivity contribution in [3.8, 4) is 11.8 Å². The van der Waals surface area contributed by atoms with Gasteiger partial charge in [0.25, 0.3) is 5.91 Å². The monoisotopic (exact) mass is 349 g/mol. The lowest BCUT2D eigenvalue weighted by molar-refractivity contribution is -0.137. The predicted molar refractivity (Wildman–Crippen MR) is 84.0 cm³/mol. The molecule has 2 aromatic rings. The van der Waals surface area contributed by atoms with Gasteiger partial charge < -0.3 is 10.1 Å². The number of unbranched alkanes of at least 4 members (excludes halogenated alkanes) is 1. The van der Waals surface area contributed by atoms with Gasteiger partial charge in [0.15, 0.2) is 11.6 Å². The van der Waals surface area contributed by atoms with Gasteiger partial charge in [0, 0.05) is 18.2 Å². The molecule has 1 amide bonds. The first-order valence-electron chi connectivity index (χ1n) is 7.35. The molecule has 0 spiro atoms. The molecule has 1 N–H and O–H groups in total. The lowest BCUT2D eigenvalue weighted by atomic mass is 10.1. The van der Waals surface area contributed by atoms with Crippen LogP contribution in [0, 0.1) is 11.3 Å². The van der Waals surface area contributed by atoms with Crippen molar-refractivity contribution in [1.82, 2.24) is 4.98 Å². The summed E-state index contributed by atoms with van der Waals surface area (Å²) in [6, 6.07) is 9.25. The number of nitriles is 1. The van der Waals surface area contributed by atoms with E-state index in [2.05, 4.69) is 10.3 Å². The zero-order valence-corrected chi connectivity index (χ0v) is 13.0. The number of nitrogens with zero attached hydrogens (tertiary/aromatic N) is 2. The lowest BCUT2D eigenvalue weighted by Gasteiger charge is -2.12. The Balaban J connectivity index is 2.12. The second-order valence-corrected chi connectivity index (χ2v) is 4.99. The van der Waals surface area contributed by atoms with Crippen LogP contribution in [0.1, 0.15) is 28.8 Å². The Labute approximate surface area is 142 Å². The van der Waals surface area contributed by atoms with Gasteiger partial charge in [-0.05, 0) is 36.8 Å². The third-order valence-corrected chi connectivity index (χ3v) is 3.15. The first-order valence-corrected chi connectivity index (χ1v) is 7.35. The number of benzene rings is 1. The van der Waals surface area contributed by atoms with E-state index in [1.165, 1.54) is 12.3 Å². The number of halogens is 3. The molecule has 0 aliphatic rings. The Kier molecular flexibility index (Phi) is 5.95. The summed E-state index contributed by atoms with van der Waals surface area (Å²) in [5.41, 5.74) is -1.05. The first kappa shape index (κ1) is 18.3. The number of ether oxygens (including phenoxy) is 1. The number of nitrogens with one attached hydrogen (secondary N) is 1. The van der Waals surface area contributed by atoms with Crippen molar-refractivity contribution in [3.05, 3.63) is 53.7 Å². The number of rotatable bonds is 6. The Bertz CT molecular complexity index is 785. The van der Waals surface area contributed by atoms with Crippen molar-refractivity contribution < 1.29 is 22.7 Å². The maximum absolute atomic E-state index is 12.7. The molecule has 0 saturated carbocycles. The SMILES string of the molecule is N#CCCCOc1cccnc1NC(=O)c1cccc(C(F)(F)F)c1. The molecule has 0 unspecified atom stereocenters. The van der Waals surface area contributed by atoms with E-state index < -0.39 is 17.6 Å². The van der Waals surface area contributed by atoms with E-state index in [0.29, 0.717) is 12.8 Å². The quantitative estimate of drug-likeness (QED) is 0.799. The van der Waals surface area contributed by atoms with Crippen LogP contribution in [0.3, 0.4) is 0 Å². The van der Waals surface area contributed by atoms with Gasteiger partial charge in [0.05, 0.1) is 18.2 Å². The van der Waals surface area contributed by atoms with Gasteiger partial charge in [0.2, 0.25) is 0 Å². The minimum atomic E-state index is -4.53. The van der Waals surface area contributed by atoms with Crippen LogP contribution in [0.5, 0.6) is 5.75 Å². The maximum atomic E-state index is 12.7. The first-order chi connectivity index (χ1) is 11.9.